The van der Waals surface area contributed by atoms with Crippen molar-refractivity contribution in [3.05, 3.63) is 71.3 Å². The van der Waals surface area contributed by atoms with E-state index in [0.29, 0.717) is 5.25 Å². The van der Waals surface area contributed by atoms with Gasteiger partial charge in [0, 0.05) is 5.25 Å². The van der Waals surface area contributed by atoms with Crippen LogP contribution in [0.4, 0.5) is 0 Å². The lowest BCUT2D eigenvalue weighted by Gasteiger charge is -2.32. The number of benzene rings is 2. The zero-order chi connectivity index (χ0) is 16.8. The van der Waals surface area contributed by atoms with Crippen molar-refractivity contribution >= 4 is 31.6 Å². The van der Waals surface area contributed by atoms with Crippen LogP contribution in [0.5, 0.6) is 0 Å². The normalized spacial score (nSPS) is 17.6. The van der Waals surface area contributed by atoms with Crippen molar-refractivity contribution in [2.45, 2.75) is 19.1 Å². The van der Waals surface area contributed by atoms with Crippen LogP contribution in [-0.2, 0) is 0 Å². The molecular formula is C21H23ClS. The third-order valence-corrected chi connectivity index (χ3v) is 6.74. The number of halogens is 1. The lowest BCUT2D eigenvalue weighted by atomic mass is 9.95. The smallest absolute Gasteiger partial charge is 0.0474 e. The molecule has 2 aromatic rings. The molecule has 0 bridgehead atoms. The average molecular weight is 343 g/mol. The van der Waals surface area contributed by atoms with E-state index >= 15 is 0 Å². The lowest BCUT2D eigenvalue weighted by Crippen LogP contribution is -2.03. The minimum atomic E-state index is -1.19. The molecule has 0 nitrogen and oxygen atoms in total. The van der Waals surface area contributed by atoms with Gasteiger partial charge in [0.1, 0.15) is 0 Å². The summed E-state index contributed by atoms with van der Waals surface area (Å²) in [6.45, 7) is 8.25. The number of allylic oxidation sites excluding steroid dienone is 1. The molecule has 0 amide bonds. The van der Waals surface area contributed by atoms with E-state index in [1.807, 2.05) is 6.92 Å². The van der Waals surface area contributed by atoms with Gasteiger partial charge in [0.2, 0.25) is 0 Å². The highest BCUT2D eigenvalue weighted by molar-refractivity contribution is 8.50. The average Bonchev–Trinajstić information content (AvgIpc) is 2.83. The molecule has 0 aromatic heterocycles. The molecule has 0 saturated carbocycles. The highest BCUT2D eigenvalue weighted by Gasteiger charge is 2.32. The SMILES string of the molecule is C=C(C)c1ccc(-c2cccc3c2C=C(C)C3S(C)(C)Cl)cc1. The Labute approximate surface area is 145 Å². The van der Waals surface area contributed by atoms with Crippen molar-refractivity contribution in [2.75, 3.05) is 12.5 Å². The van der Waals surface area contributed by atoms with Crippen LogP contribution >= 0.6 is 19.9 Å². The molecular weight excluding hydrogens is 320 g/mol. The number of hydrogen-bond donors (Lipinski definition) is 0. The lowest BCUT2D eigenvalue weighted by molar-refractivity contribution is 1.15. The van der Waals surface area contributed by atoms with Gasteiger partial charge in [0.05, 0.1) is 0 Å². The van der Waals surface area contributed by atoms with Crippen LogP contribution in [0.1, 0.15) is 35.8 Å². The molecule has 0 heterocycles. The predicted octanol–water partition coefficient (Wildman–Crippen LogP) is 7.06. The number of hydrogen-bond acceptors (Lipinski definition) is 0. The number of fused-ring (bicyclic) bond motifs is 1. The molecule has 1 aliphatic carbocycles. The monoisotopic (exact) mass is 342 g/mol. The molecule has 1 atom stereocenters. The molecule has 0 fully saturated rings. The van der Waals surface area contributed by atoms with Crippen molar-refractivity contribution in [1.82, 2.24) is 0 Å². The second-order valence-electron chi connectivity index (χ2n) is 6.71. The Morgan fingerprint density at radius 3 is 2.30 bits per heavy atom. The van der Waals surface area contributed by atoms with Crippen LogP contribution in [0.15, 0.2) is 54.6 Å². The van der Waals surface area contributed by atoms with Gasteiger partial charge in [-0.1, -0.05) is 76.9 Å². The summed E-state index contributed by atoms with van der Waals surface area (Å²) >= 11 is 0. The zero-order valence-corrected chi connectivity index (χ0v) is 15.8. The summed E-state index contributed by atoms with van der Waals surface area (Å²) in [5.74, 6) is 0. The highest BCUT2D eigenvalue weighted by atomic mass is 35.7. The summed E-state index contributed by atoms with van der Waals surface area (Å²) in [7, 11) is 5.56. The molecule has 2 heteroatoms. The van der Waals surface area contributed by atoms with Gasteiger partial charge in [-0.15, -0.1) is 0 Å². The molecule has 1 unspecified atom stereocenters. The van der Waals surface area contributed by atoms with Crippen LogP contribution < -0.4 is 0 Å². The summed E-state index contributed by atoms with van der Waals surface area (Å²) in [4.78, 5) is 0. The fourth-order valence-electron chi connectivity index (χ4n) is 3.45. The molecule has 0 N–H and O–H groups in total. The Morgan fingerprint density at radius 2 is 1.74 bits per heavy atom. The number of rotatable bonds is 3. The van der Waals surface area contributed by atoms with E-state index in [2.05, 4.69) is 74.6 Å². The van der Waals surface area contributed by atoms with Crippen LogP contribution in [0.2, 0.25) is 0 Å². The fourth-order valence-corrected chi connectivity index (χ4v) is 5.92. The van der Waals surface area contributed by atoms with Crippen LogP contribution in [-0.4, -0.2) is 12.5 Å². The summed E-state index contributed by atoms with van der Waals surface area (Å²) in [6, 6.07) is 15.3. The van der Waals surface area contributed by atoms with Crippen molar-refractivity contribution in [3.8, 4) is 11.1 Å². The first-order valence-electron chi connectivity index (χ1n) is 7.78. The van der Waals surface area contributed by atoms with Crippen molar-refractivity contribution in [1.29, 1.82) is 0 Å². The maximum absolute atomic E-state index is 6.75. The first-order chi connectivity index (χ1) is 10.8. The van der Waals surface area contributed by atoms with Crippen molar-refractivity contribution in [3.63, 3.8) is 0 Å². The molecule has 0 saturated heterocycles. The summed E-state index contributed by atoms with van der Waals surface area (Å²) in [5, 5.41) is 0.355. The van der Waals surface area contributed by atoms with Crippen molar-refractivity contribution in [2.24, 2.45) is 0 Å². The molecule has 120 valence electrons. The molecule has 0 radical (unpaired) electrons. The molecule has 0 spiro atoms. The second-order valence-corrected chi connectivity index (χ2v) is 12.1. The van der Waals surface area contributed by atoms with Gasteiger partial charge in [0.15, 0.2) is 0 Å². The van der Waals surface area contributed by atoms with E-state index in [-0.39, 0.29) is 0 Å². The molecule has 2 aromatic carbocycles. The summed E-state index contributed by atoms with van der Waals surface area (Å²) in [5.41, 5.74) is 8.91. The first-order valence-corrected chi connectivity index (χ1v) is 11.1. The topological polar surface area (TPSA) is 0 Å². The fraction of sp³-hybridized carbons (Fsp3) is 0.238. The molecule has 23 heavy (non-hydrogen) atoms. The standard InChI is InChI=1S/C21H23ClS/c1-14(2)16-9-11-17(12-10-16)18-7-6-8-19-20(18)13-15(3)21(19)23(4,5)22/h6-13,21H,1H2,2-5H3. The predicted molar refractivity (Wildman–Crippen MR) is 108 cm³/mol. The van der Waals surface area contributed by atoms with E-state index in [0.717, 1.165) is 5.57 Å². The van der Waals surface area contributed by atoms with E-state index in [4.69, 9.17) is 10.7 Å². The van der Waals surface area contributed by atoms with Crippen LogP contribution in [0, 0.1) is 0 Å². The maximum Gasteiger partial charge on any atom is 0.0474 e. The van der Waals surface area contributed by atoms with Crippen LogP contribution in [0.3, 0.4) is 0 Å². The van der Waals surface area contributed by atoms with E-state index in [1.54, 1.807) is 0 Å². The second kappa shape index (κ2) is 5.89. The molecule has 3 rings (SSSR count). The van der Waals surface area contributed by atoms with Gasteiger partial charge in [-0.05, 0) is 54.2 Å². The summed E-state index contributed by atoms with van der Waals surface area (Å²) in [6.07, 6.45) is 6.68. The minimum absolute atomic E-state index is 0.355. The van der Waals surface area contributed by atoms with Gasteiger partial charge >= 0.3 is 0 Å². The van der Waals surface area contributed by atoms with E-state index in [9.17, 15) is 0 Å². The van der Waals surface area contributed by atoms with Crippen molar-refractivity contribution < 1.29 is 0 Å². The highest BCUT2D eigenvalue weighted by Crippen LogP contribution is 2.64. The minimum Gasteiger partial charge on any atom is -0.158 e. The largest absolute Gasteiger partial charge is 0.158 e. The van der Waals surface area contributed by atoms with Crippen LogP contribution in [0.25, 0.3) is 22.8 Å². The van der Waals surface area contributed by atoms with Gasteiger partial charge in [0.25, 0.3) is 0 Å². The zero-order valence-electron chi connectivity index (χ0n) is 14.2. The first kappa shape index (κ1) is 16.4. The third-order valence-electron chi connectivity index (χ3n) is 4.46. The maximum atomic E-state index is 6.75. The Hall–Kier alpha value is -1.44. The van der Waals surface area contributed by atoms with Gasteiger partial charge in [-0.2, -0.15) is 9.24 Å². The molecule has 0 aliphatic heterocycles. The van der Waals surface area contributed by atoms with Gasteiger partial charge < -0.3 is 0 Å². The Balaban J connectivity index is 2.11. The van der Waals surface area contributed by atoms with Gasteiger partial charge in [-0.3, -0.25) is 0 Å². The van der Waals surface area contributed by atoms with E-state index < -0.39 is 9.24 Å². The molecule has 1 aliphatic rings. The Morgan fingerprint density at radius 1 is 1.09 bits per heavy atom. The quantitative estimate of drug-likeness (QED) is 0.559. The third kappa shape index (κ3) is 3.00. The Kier molecular flexibility index (Phi) is 4.20. The Bertz CT molecular complexity index is 792. The van der Waals surface area contributed by atoms with Gasteiger partial charge in [-0.25, -0.2) is 0 Å². The summed E-state index contributed by atoms with van der Waals surface area (Å²) < 4.78 is 0. The van der Waals surface area contributed by atoms with E-state index in [1.165, 1.54) is 33.4 Å².